The number of rotatable bonds is 4. The highest BCUT2D eigenvalue weighted by molar-refractivity contribution is 5.75. The molecule has 0 radical (unpaired) electrons. The molecule has 1 aromatic carbocycles. The van der Waals surface area contributed by atoms with E-state index in [2.05, 4.69) is 5.32 Å². The summed E-state index contributed by atoms with van der Waals surface area (Å²) in [6.07, 6.45) is 0.286. The van der Waals surface area contributed by atoms with Crippen molar-refractivity contribution < 1.29 is 19.1 Å². The van der Waals surface area contributed by atoms with Gasteiger partial charge in [0.05, 0.1) is 13.0 Å². The van der Waals surface area contributed by atoms with Crippen molar-refractivity contribution in [3.63, 3.8) is 0 Å². The van der Waals surface area contributed by atoms with E-state index >= 15 is 0 Å². The van der Waals surface area contributed by atoms with E-state index in [9.17, 15) is 9.59 Å². The van der Waals surface area contributed by atoms with Gasteiger partial charge in [0.25, 0.3) is 0 Å². The van der Waals surface area contributed by atoms with E-state index in [1.54, 1.807) is 4.90 Å². The van der Waals surface area contributed by atoms with Gasteiger partial charge in [0.2, 0.25) is 0 Å². The number of hydrogen-bond donors (Lipinski definition) is 1. The zero-order valence-corrected chi connectivity index (χ0v) is 15.5. The number of benzene rings is 1. The Balaban J connectivity index is 2.00. The van der Waals surface area contributed by atoms with Gasteiger partial charge >= 0.3 is 12.1 Å². The molecule has 6 nitrogen and oxygen atoms in total. The van der Waals surface area contributed by atoms with E-state index in [1.807, 2.05) is 51.1 Å². The van der Waals surface area contributed by atoms with Crippen LogP contribution in [0.1, 0.15) is 32.8 Å². The maximum atomic E-state index is 12.3. The minimum atomic E-state index is -0.555. The molecule has 2 rings (SSSR count). The van der Waals surface area contributed by atoms with E-state index in [4.69, 9.17) is 9.47 Å². The fourth-order valence-corrected chi connectivity index (χ4v) is 2.92. The number of likely N-dealkylation sites (tertiary alicyclic amines) is 1. The predicted octanol–water partition coefficient (Wildman–Crippen LogP) is 2.57. The normalized spacial score (nSPS) is 20.9. The first kappa shape index (κ1) is 19.2. The van der Waals surface area contributed by atoms with Gasteiger partial charge in [0, 0.05) is 25.7 Å². The second-order valence-electron chi connectivity index (χ2n) is 7.32. The van der Waals surface area contributed by atoms with Crippen LogP contribution in [0.2, 0.25) is 0 Å². The zero-order valence-electron chi connectivity index (χ0n) is 15.5. The average molecular weight is 348 g/mol. The Labute approximate surface area is 149 Å². The van der Waals surface area contributed by atoms with E-state index < -0.39 is 11.5 Å². The van der Waals surface area contributed by atoms with Crippen molar-refractivity contribution in [1.82, 2.24) is 10.2 Å². The van der Waals surface area contributed by atoms with Gasteiger partial charge in [0.1, 0.15) is 5.60 Å². The average Bonchev–Trinajstić information content (AvgIpc) is 2.58. The summed E-state index contributed by atoms with van der Waals surface area (Å²) in [5.41, 5.74) is 0.598. The molecule has 1 unspecified atom stereocenters. The van der Waals surface area contributed by atoms with Crippen molar-refractivity contribution >= 4 is 12.1 Å². The Morgan fingerprint density at radius 1 is 1.24 bits per heavy atom. The van der Waals surface area contributed by atoms with Gasteiger partial charge in [-0.1, -0.05) is 30.3 Å². The number of nitrogens with one attached hydrogen (secondary N) is 1. The molecule has 1 heterocycles. The van der Waals surface area contributed by atoms with Crippen LogP contribution in [0.4, 0.5) is 4.79 Å². The second kappa shape index (κ2) is 8.34. The van der Waals surface area contributed by atoms with Gasteiger partial charge in [-0.25, -0.2) is 4.79 Å². The number of hydrogen-bond acceptors (Lipinski definition) is 5. The lowest BCUT2D eigenvalue weighted by molar-refractivity contribution is -0.148. The number of ether oxygens (including phenoxy) is 2. The lowest BCUT2D eigenvalue weighted by atomic mass is 9.92. The number of amides is 1. The minimum absolute atomic E-state index is 0.0358. The second-order valence-corrected chi connectivity index (χ2v) is 7.32. The van der Waals surface area contributed by atoms with Gasteiger partial charge in [-0.2, -0.15) is 0 Å². The molecule has 1 saturated heterocycles. The van der Waals surface area contributed by atoms with E-state index in [0.29, 0.717) is 26.1 Å². The number of esters is 1. The SMILES string of the molecule is COC(=O)C1CN(C(=O)OC(C)(C)C)CC[C@@H]1NCc1ccccc1. The first-order valence-electron chi connectivity index (χ1n) is 8.63. The van der Waals surface area contributed by atoms with Gasteiger partial charge < -0.3 is 19.7 Å². The monoisotopic (exact) mass is 348 g/mol. The lowest BCUT2D eigenvalue weighted by Gasteiger charge is -2.38. The van der Waals surface area contributed by atoms with Crippen LogP contribution in [-0.2, 0) is 20.8 Å². The molecule has 1 aliphatic heterocycles. The smallest absolute Gasteiger partial charge is 0.410 e. The molecule has 2 atom stereocenters. The van der Waals surface area contributed by atoms with Crippen molar-refractivity contribution in [2.24, 2.45) is 5.92 Å². The van der Waals surface area contributed by atoms with Crippen LogP contribution in [0, 0.1) is 5.92 Å². The van der Waals surface area contributed by atoms with Crippen molar-refractivity contribution in [3.05, 3.63) is 35.9 Å². The summed E-state index contributed by atoms with van der Waals surface area (Å²) < 4.78 is 10.4. The van der Waals surface area contributed by atoms with E-state index in [1.165, 1.54) is 7.11 Å². The number of carbonyl (C=O) groups excluding carboxylic acids is 2. The van der Waals surface area contributed by atoms with Crippen LogP contribution in [0.15, 0.2) is 30.3 Å². The van der Waals surface area contributed by atoms with Gasteiger partial charge in [-0.3, -0.25) is 4.79 Å². The van der Waals surface area contributed by atoms with Crippen LogP contribution in [0.5, 0.6) is 0 Å². The van der Waals surface area contributed by atoms with Crippen molar-refractivity contribution in [2.75, 3.05) is 20.2 Å². The predicted molar refractivity (Wildman–Crippen MR) is 95.0 cm³/mol. The number of nitrogens with zero attached hydrogens (tertiary/aromatic N) is 1. The Morgan fingerprint density at radius 2 is 1.92 bits per heavy atom. The first-order chi connectivity index (χ1) is 11.8. The molecule has 1 aromatic rings. The van der Waals surface area contributed by atoms with E-state index in [0.717, 1.165) is 5.56 Å². The van der Waals surface area contributed by atoms with Gasteiger partial charge in [-0.15, -0.1) is 0 Å². The molecule has 0 bridgehead atoms. The molecular formula is C19H28N2O4. The van der Waals surface area contributed by atoms with Crippen molar-refractivity contribution in [3.8, 4) is 0 Å². The van der Waals surface area contributed by atoms with Crippen LogP contribution in [0.3, 0.4) is 0 Å². The molecule has 1 fully saturated rings. The molecular weight excluding hydrogens is 320 g/mol. The highest BCUT2D eigenvalue weighted by Crippen LogP contribution is 2.21. The summed E-state index contributed by atoms with van der Waals surface area (Å²) >= 11 is 0. The first-order valence-corrected chi connectivity index (χ1v) is 8.63. The van der Waals surface area contributed by atoms with E-state index in [-0.39, 0.29) is 18.1 Å². The fraction of sp³-hybridized carbons (Fsp3) is 0.579. The Kier molecular flexibility index (Phi) is 6.42. The van der Waals surface area contributed by atoms with Crippen LogP contribution < -0.4 is 5.32 Å². The van der Waals surface area contributed by atoms with Gasteiger partial charge in [-0.05, 0) is 32.8 Å². The maximum absolute atomic E-state index is 12.3. The molecule has 1 aliphatic rings. The topological polar surface area (TPSA) is 67.9 Å². The van der Waals surface area contributed by atoms with Crippen LogP contribution >= 0.6 is 0 Å². The highest BCUT2D eigenvalue weighted by Gasteiger charge is 2.37. The fourth-order valence-electron chi connectivity index (χ4n) is 2.92. The largest absolute Gasteiger partial charge is 0.469 e. The zero-order chi connectivity index (χ0) is 18.4. The molecule has 25 heavy (non-hydrogen) atoms. The molecule has 138 valence electrons. The van der Waals surface area contributed by atoms with Crippen molar-refractivity contribution in [2.45, 2.75) is 45.4 Å². The molecule has 0 saturated carbocycles. The molecule has 1 N–H and O–H groups in total. The quantitative estimate of drug-likeness (QED) is 0.847. The number of carbonyl (C=O) groups is 2. The molecule has 6 heteroatoms. The summed E-state index contributed by atoms with van der Waals surface area (Å²) in [5, 5.41) is 3.43. The standard InChI is InChI=1S/C19H28N2O4/c1-19(2,3)25-18(23)21-11-10-16(15(13-21)17(22)24-4)20-12-14-8-6-5-7-9-14/h5-9,15-16,20H,10-13H2,1-4H3/t15?,16-/m0/s1. The molecule has 0 spiro atoms. The summed E-state index contributed by atoms with van der Waals surface area (Å²) in [5.74, 6) is -0.714. The third-order valence-corrected chi connectivity index (χ3v) is 4.18. The maximum Gasteiger partial charge on any atom is 0.410 e. The minimum Gasteiger partial charge on any atom is -0.469 e. The Hall–Kier alpha value is -2.08. The van der Waals surface area contributed by atoms with Crippen LogP contribution in [0.25, 0.3) is 0 Å². The third kappa shape index (κ3) is 5.74. The number of piperidine rings is 1. The summed E-state index contributed by atoms with van der Waals surface area (Å²) in [4.78, 5) is 26.1. The number of methoxy groups -OCH3 is 1. The molecule has 0 aromatic heterocycles. The summed E-state index contributed by atoms with van der Waals surface area (Å²) in [6.45, 7) is 7.01. The summed E-state index contributed by atoms with van der Waals surface area (Å²) in [6, 6.07) is 9.98. The Morgan fingerprint density at radius 3 is 2.52 bits per heavy atom. The molecule has 0 aliphatic carbocycles. The molecule has 1 amide bonds. The van der Waals surface area contributed by atoms with Gasteiger partial charge in [0.15, 0.2) is 0 Å². The third-order valence-electron chi connectivity index (χ3n) is 4.18. The van der Waals surface area contributed by atoms with Crippen molar-refractivity contribution in [1.29, 1.82) is 0 Å². The summed E-state index contributed by atoms with van der Waals surface area (Å²) in [7, 11) is 1.38. The Bertz CT molecular complexity index is 583. The highest BCUT2D eigenvalue weighted by atomic mass is 16.6. The van der Waals surface area contributed by atoms with Crippen LogP contribution in [-0.4, -0.2) is 48.8 Å². The lowest BCUT2D eigenvalue weighted by Crippen LogP contribution is -2.54.